The Morgan fingerprint density at radius 3 is 2.55 bits per heavy atom. The average molecular weight is 491 g/mol. The maximum absolute atomic E-state index is 12.8. The topological polar surface area (TPSA) is 122 Å². The lowest BCUT2D eigenvalue weighted by Crippen LogP contribution is -2.36. The first-order valence-corrected chi connectivity index (χ1v) is 10.8. The number of amides is 3. The van der Waals surface area contributed by atoms with Crippen molar-refractivity contribution >= 4 is 58.1 Å². The van der Waals surface area contributed by atoms with E-state index >= 15 is 0 Å². The van der Waals surface area contributed by atoms with E-state index in [-0.39, 0.29) is 16.4 Å². The molecule has 0 saturated carbocycles. The second-order valence-corrected chi connectivity index (χ2v) is 8.23. The number of aliphatic carboxylic acids is 1. The van der Waals surface area contributed by atoms with Crippen molar-refractivity contribution in [2.24, 2.45) is 0 Å². The number of carboxylic acid groups (broad SMARTS) is 1. The molecule has 3 amide bonds. The van der Waals surface area contributed by atoms with E-state index in [1.54, 1.807) is 42.5 Å². The zero-order chi connectivity index (χ0) is 24.1. The largest absolute Gasteiger partial charge is 0.493 e. The SMILES string of the molecule is COc1cccc(/C=C2\SC(=O)N(CC(=O)Nc3ccc(Cl)cc3)C2=O)c1O[C@@H](C)C(=O)O. The van der Waals surface area contributed by atoms with Crippen LogP contribution in [-0.4, -0.2) is 52.8 Å². The minimum Gasteiger partial charge on any atom is -0.493 e. The van der Waals surface area contributed by atoms with E-state index in [0.717, 1.165) is 4.90 Å². The molecule has 1 saturated heterocycles. The molecule has 9 nitrogen and oxygen atoms in total. The van der Waals surface area contributed by atoms with E-state index in [1.807, 2.05) is 0 Å². The van der Waals surface area contributed by atoms with Gasteiger partial charge in [0.1, 0.15) is 6.54 Å². The number of anilines is 1. The second kappa shape index (κ2) is 10.4. The molecule has 0 aromatic heterocycles. The fourth-order valence-electron chi connectivity index (χ4n) is 2.82. The van der Waals surface area contributed by atoms with Crippen molar-refractivity contribution in [3.63, 3.8) is 0 Å². The number of imide groups is 1. The van der Waals surface area contributed by atoms with Crippen LogP contribution in [0.2, 0.25) is 5.02 Å². The zero-order valence-corrected chi connectivity index (χ0v) is 19.1. The van der Waals surface area contributed by atoms with Gasteiger partial charge in [-0.1, -0.05) is 23.7 Å². The number of hydrogen-bond donors (Lipinski definition) is 2. The summed E-state index contributed by atoms with van der Waals surface area (Å²) in [6.45, 7) is 0.883. The Balaban J connectivity index is 1.80. The number of para-hydroxylation sites is 1. The van der Waals surface area contributed by atoms with Crippen LogP contribution in [0, 0.1) is 0 Å². The molecule has 0 aliphatic carbocycles. The number of ether oxygens (including phenoxy) is 2. The van der Waals surface area contributed by atoms with Crippen molar-refractivity contribution in [3.05, 3.63) is 58.0 Å². The van der Waals surface area contributed by atoms with Gasteiger partial charge in [-0.05, 0) is 55.1 Å². The third kappa shape index (κ3) is 5.85. The Labute approximate surface area is 198 Å². The quantitative estimate of drug-likeness (QED) is 0.534. The van der Waals surface area contributed by atoms with E-state index in [1.165, 1.54) is 20.1 Å². The summed E-state index contributed by atoms with van der Waals surface area (Å²) in [7, 11) is 1.39. The first kappa shape index (κ1) is 24.1. The maximum Gasteiger partial charge on any atom is 0.344 e. The molecule has 0 spiro atoms. The van der Waals surface area contributed by atoms with Crippen molar-refractivity contribution in [2.45, 2.75) is 13.0 Å². The van der Waals surface area contributed by atoms with E-state index in [2.05, 4.69) is 5.32 Å². The number of thioether (sulfide) groups is 1. The first-order valence-electron chi connectivity index (χ1n) is 9.57. The lowest BCUT2D eigenvalue weighted by atomic mass is 10.1. The molecule has 0 unspecified atom stereocenters. The van der Waals surface area contributed by atoms with Crippen LogP contribution < -0.4 is 14.8 Å². The van der Waals surface area contributed by atoms with Gasteiger partial charge in [0.25, 0.3) is 11.1 Å². The number of methoxy groups -OCH3 is 1. The molecule has 1 atom stereocenters. The monoisotopic (exact) mass is 490 g/mol. The molecule has 1 heterocycles. The number of rotatable bonds is 8. The molecule has 2 aromatic carbocycles. The normalized spacial score (nSPS) is 15.5. The van der Waals surface area contributed by atoms with Gasteiger partial charge < -0.3 is 19.9 Å². The Hall–Kier alpha value is -3.50. The van der Waals surface area contributed by atoms with Gasteiger partial charge in [-0.25, -0.2) is 4.79 Å². The van der Waals surface area contributed by atoms with Crippen LogP contribution in [0.25, 0.3) is 6.08 Å². The van der Waals surface area contributed by atoms with E-state index in [0.29, 0.717) is 28.0 Å². The Kier molecular flexibility index (Phi) is 7.62. The molecule has 172 valence electrons. The summed E-state index contributed by atoms with van der Waals surface area (Å²) in [5.41, 5.74) is 0.816. The first-order chi connectivity index (χ1) is 15.7. The lowest BCUT2D eigenvalue weighted by molar-refractivity contribution is -0.144. The highest BCUT2D eigenvalue weighted by Gasteiger charge is 2.36. The van der Waals surface area contributed by atoms with Gasteiger partial charge in [-0.15, -0.1) is 0 Å². The maximum atomic E-state index is 12.8. The average Bonchev–Trinajstić information content (AvgIpc) is 3.03. The van der Waals surface area contributed by atoms with Crippen LogP contribution in [0.3, 0.4) is 0 Å². The molecule has 0 radical (unpaired) electrons. The number of carbonyl (C=O) groups excluding carboxylic acids is 3. The molecule has 1 aliphatic heterocycles. The van der Waals surface area contributed by atoms with Crippen molar-refractivity contribution in [1.29, 1.82) is 0 Å². The van der Waals surface area contributed by atoms with Crippen LogP contribution in [0.5, 0.6) is 11.5 Å². The second-order valence-electron chi connectivity index (χ2n) is 6.80. The van der Waals surface area contributed by atoms with Gasteiger partial charge in [-0.2, -0.15) is 0 Å². The predicted octanol–water partition coefficient (Wildman–Crippen LogP) is 3.88. The minimum absolute atomic E-state index is 0.0559. The molecule has 3 rings (SSSR count). The Bertz CT molecular complexity index is 1130. The molecule has 2 aromatic rings. The molecule has 1 fully saturated rings. The van der Waals surface area contributed by atoms with E-state index in [4.69, 9.17) is 26.2 Å². The smallest absolute Gasteiger partial charge is 0.344 e. The highest BCUT2D eigenvalue weighted by molar-refractivity contribution is 8.18. The van der Waals surface area contributed by atoms with Crippen LogP contribution in [0.4, 0.5) is 10.5 Å². The Morgan fingerprint density at radius 1 is 1.21 bits per heavy atom. The molecule has 2 N–H and O–H groups in total. The predicted molar refractivity (Wildman–Crippen MR) is 123 cm³/mol. The third-order valence-corrected chi connectivity index (χ3v) is 5.62. The molecular formula is C22H19ClN2O7S. The zero-order valence-electron chi connectivity index (χ0n) is 17.5. The summed E-state index contributed by atoms with van der Waals surface area (Å²) in [6, 6.07) is 11.2. The number of carbonyl (C=O) groups is 4. The molecule has 0 bridgehead atoms. The van der Waals surface area contributed by atoms with Crippen molar-refractivity contribution in [3.8, 4) is 11.5 Å². The van der Waals surface area contributed by atoms with Crippen molar-refractivity contribution in [1.82, 2.24) is 4.90 Å². The van der Waals surface area contributed by atoms with Crippen LogP contribution in [0.15, 0.2) is 47.4 Å². The van der Waals surface area contributed by atoms with Gasteiger partial charge in [0.05, 0.1) is 12.0 Å². The summed E-state index contributed by atoms with van der Waals surface area (Å²) in [5.74, 6) is -2.02. The van der Waals surface area contributed by atoms with Crippen molar-refractivity contribution in [2.75, 3.05) is 19.0 Å². The molecular weight excluding hydrogens is 472 g/mol. The fourth-order valence-corrected chi connectivity index (χ4v) is 3.77. The third-order valence-electron chi connectivity index (χ3n) is 4.46. The van der Waals surface area contributed by atoms with E-state index < -0.39 is 35.7 Å². The number of carboxylic acids is 1. The number of benzene rings is 2. The minimum atomic E-state index is -1.18. The lowest BCUT2D eigenvalue weighted by Gasteiger charge is -2.16. The number of nitrogens with zero attached hydrogens (tertiary/aromatic N) is 1. The van der Waals surface area contributed by atoms with E-state index in [9.17, 15) is 19.2 Å². The highest BCUT2D eigenvalue weighted by Crippen LogP contribution is 2.37. The fraction of sp³-hybridized carbons (Fsp3) is 0.182. The molecule has 1 aliphatic rings. The summed E-state index contributed by atoms with van der Waals surface area (Å²) >= 11 is 6.48. The van der Waals surface area contributed by atoms with Gasteiger partial charge >= 0.3 is 5.97 Å². The number of halogens is 1. The van der Waals surface area contributed by atoms with Gasteiger partial charge in [0.2, 0.25) is 5.91 Å². The summed E-state index contributed by atoms with van der Waals surface area (Å²) < 4.78 is 10.7. The van der Waals surface area contributed by atoms with Crippen LogP contribution in [0.1, 0.15) is 12.5 Å². The van der Waals surface area contributed by atoms with Crippen molar-refractivity contribution < 1.29 is 33.8 Å². The molecule has 11 heteroatoms. The number of hydrogen-bond acceptors (Lipinski definition) is 7. The Morgan fingerprint density at radius 2 is 1.91 bits per heavy atom. The summed E-state index contributed by atoms with van der Waals surface area (Å²) in [5, 5.41) is 11.6. The summed E-state index contributed by atoms with van der Waals surface area (Å²) in [6.07, 6.45) is 0.217. The standard InChI is InChI=1S/C22H19ClN2O7S/c1-12(21(28)29)32-19-13(4-3-5-16(19)31-2)10-17-20(27)25(22(30)33-17)11-18(26)24-15-8-6-14(23)7-9-15/h3-10,12H,11H2,1-2H3,(H,24,26)(H,28,29)/b17-10-/t12-/m0/s1. The highest BCUT2D eigenvalue weighted by atomic mass is 35.5. The van der Waals surface area contributed by atoms with Gasteiger partial charge in [0, 0.05) is 16.3 Å². The van der Waals surface area contributed by atoms with Crippen LogP contribution >= 0.6 is 23.4 Å². The van der Waals surface area contributed by atoms with Gasteiger partial charge in [0.15, 0.2) is 17.6 Å². The molecule has 33 heavy (non-hydrogen) atoms. The van der Waals surface area contributed by atoms with Gasteiger partial charge in [-0.3, -0.25) is 19.3 Å². The van der Waals surface area contributed by atoms with Crippen LogP contribution in [-0.2, 0) is 14.4 Å². The summed E-state index contributed by atoms with van der Waals surface area (Å²) in [4.78, 5) is 49.6. The number of nitrogens with one attached hydrogen (secondary N) is 1.